The number of allylic oxidation sites excluding steroid dienone is 2. The molecule has 1 aliphatic rings. The topological polar surface area (TPSA) is 21.6 Å². The number of rotatable bonds is 3. The summed E-state index contributed by atoms with van der Waals surface area (Å²) in [6.07, 6.45) is 6.40. The van der Waals surface area contributed by atoms with E-state index in [0.29, 0.717) is 11.3 Å². The van der Waals surface area contributed by atoms with Crippen LogP contribution in [-0.4, -0.2) is 13.3 Å². The molecule has 0 aromatic rings. The first-order valence-corrected chi connectivity index (χ1v) is 4.81. The van der Waals surface area contributed by atoms with Gasteiger partial charge in [0.2, 0.25) is 0 Å². The molecule has 1 rings (SSSR count). The molecule has 0 saturated carbocycles. The van der Waals surface area contributed by atoms with Gasteiger partial charge in [-0.15, -0.1) is 0 Å². The molecule has 0 aliphatic heterocycles. The Balaban J connectivity index is 2.51. The van der Waals surface area contributed by atoms with E-state index >= 15 is 0 Å². The second-order valence-electron chi connectivity index (χ2n) is 4.25. The highest BCUT2D eigenvalue weighted by Crippen LogP contribution is 2.44. The fourth-order valence-electron chi connectivity index (χ4n) is 1.83. The Morgan fingerprint density at radius 1 is 1.69 bits per heavy atom. The van der Waals surface area contributed by atoms with Crippen molar-refractivity contribution in [3.8, 4) is 0 Å². The van der Waals surface area contributed by atoms with Crippen LogP contribution in [0.5, 0.6) is 0 Å². The van der Waals surface area contributed by atoms with Crippen LogP contribution in [0.2, 0.25) is 0 Å². The highest BCUT2D eigenvalue weighted by Gasteiger charge is 2.33. The molecule has 74 valence electrons. The summed E-state index contributed by atoms with van der Waals surface area (Å²) in [4.78, 5) is 4.65. The minimum Gasteiger partial charge on any atom is -0.399 e. The molecular formula is C11H19NO. The van der Waals surface area contributed by atoms with Crippen LogP contribution in [-0.2, 0) is 4.84 Å². The van der Waals surface area contributed by atoms with E-state index in [4.69, 9.17) is 0 Å². The van der Waals surface area contributed by atoms with Gasteiger partial charge in [0.15, 0.2) is 0 Å². The molecule has 2 heteroatoms. The minimum atomic E-state index is 0.333. The third kappa shape index (κ3) is 2.11. The summed E-state index contributed by atoms with van der Waals surface area (Å²) in [5.74, 6) is 0.686. The van der Waals surface area contributed by atoms with Gasteiger partial charge in [-0.2, -0.15) is 0 Å². The maximum Gasteiger partial charge on any atom is 0.106 e. The molecule has 1 atom stereocenters. The van der Waals surface area contributed by atoms with Crippen molar-refractivity contribution in [2.75, 3.05) is 7.11 Å². The quantitative estimate of drug-likeness (QED) is 0.372. The first-order chi connectivity index (χ1) is 6.09. The summed E-state index contributed by atoms with van der Waals surface area (Å²) in [5, 5.41) is 3.78. The van der Waals surface area contributed by atoms with Crippen LogP contribution in [0.1, 0.15) is 33.6 Å². The zero-order chi connectivity index (χ0) is 9.90. The highest BCUT2D eigenvalue weighted by molar-refractivity contribution is 5.57. The molecule has 2 nitrogen and oxygen atoms in total. The van der Waals surface area contributed by atoms with Crippen LogP contribution in [0, 0.1) is 11.3 Å². The minimum absolute atomic E-state index is 0.333. The molecule has 0 fully saturated rings. The smallest absolute Gasteiger partial charge is 0.106 e. The standard InChI is InChI=1S/C11H19NO/c1-9-5-6-10(11(9,2)3)7-8-12-13-4/h5,8,10H,6-7H2,1-4H3/b12-8+. The number of nitrogens with zero attached hydrogens (tertiary/aromatic N) is 1. The molecule has 0 bridgehead atoms. The van der Waals surface area contributed by atoms with Gasteiger partial charge < -0.3 is 4.84 Å². The molecule has 0 saturated heterocycles. The second-order valence-corrected chi connectivity index (χ2v) is 4.25. The van der Waals surface area contributed by atoms with Crippen LogP contribution in [0.15, 0.2) is 16.8 Å². The fraction of sp³-hybridized carbons (Fsp3) is 0.727. The van der Waals surface area contributed by atoms with Crippen LogP contribution < -0.4 is 0 Å². The zero-order valence-electron chi connectivity index (χ0n) is 9.00. The van der Waals surface area contributed by atoms with Crippen molar-refractivity contribution < 1.29 is 4.84 Å². The fourth-order valence-corrected chi connectivity index (χ4v) is 1.83. The van der Waals surface area contributed by atoms with Gasteiger partial charge in [0, 0.05) is 6.21 Å². The molecule has 0 heterocycles. The maximum absolute atomic E-state index is 4.65. The van der Waals surface area contributed by atoms with E-state index < -0.39 is 0 Å². The van der Waals surface area contributed by atoms with Crippen LogP contribution >= 0.6 is 0 Å². The van der Waals surface area contributed by atoms with Gasteiger partial charge in [-0.1, -0.05) is 30.7 Å². The van der Waals surface area contributed by atoms with Crippen LogP contribution in [0.4, 0.5) is 0 Å². The summed E-state index contributed by atoms with van der Waals surface area (Å²) in [5.41, 5.74) is 1.84. The van der Waals surface area contributed by atoms with Crippen molar-refractivity contribution in [2.24, 2.45) is 16.5 Å². The van der Waals surface area contributed by atoms with Crippen molar-refractivity contribution >= 4 is 6.21 Å². The normalized spacial score (nSPS) is 26.5. The number of hydrogen-bond donors (Lipinski definition) is 0. The largest absolute Gasteiger partial charge is 0.399 e. The van der Waals surface area contributed by atoms with E-state index in [9.17, 15) is 0 Å². The van der Waals surface area contributed by atoms with Gasteiger partial charge in [-0.3, -0.25) is 0 Å². The van der Waals surface area contributed by atoms with Gasteiger partial charge in [0.05, 0.1) is 0 Å². The molecule has 0 aromatic carbocycles. The van der Waals surface area contributed by atoms with E-state index in [-0.39, 0.29) is 0 Å². The Morgan fingerprint density at radius 3 is 2.85 bits per heavy atom. The summed E-state index contributed by atoms with van der Waals surface area (Å²) >= 11 is 0. The highest BCUT2D eigenvalue weighted by atomic mass is 16.6. The molecule has 0 aromatic heterocycles. The molecule has 0 spiro atoms. The zero-order valence-corrected chi connectivity index (χ0v) is 9.00. The van der Waals surface area contributed by atoms with E-state index in [2.05, 4.69) is 36.8 Å². The van der Waals surface area contributed by atoms with Crippen molar-refractivity contribution in [2.45, 2.75) is 33.6 Å². The Hall–Kier alpha value is -0.790. The van der Waals surface area contributed by atoms with E-state index in [1.807, 2.05) is 6.21 Å². The number of hydrogen-bond acceptors (Lipinski definition) is 2. The van der Waals surface area contributed by atoms with Gasteiger partial charge in [0.1, 0.15) is 7.11 Å². The first-order valence-electron chi connectivity index (χ1n) is 4.81. The van der Waals surface area contributed by atoms with Gasteiger partial charge in [-0.05, 0) is 31.1 Å². The Morgan fingerprint density at radius 2 is 2.38 bits per heavy atom. The average molecular weight is 181 g/mol. The second kappa shape index (κ2) is 3.95. The van der Waals surface area contributed by atoms with E-state index in [1.165, 1.54) is 12.0 Å². The Kier molecular flexibility index (Phi) is 3.12. The summed E-state index contributed by atoms with van der Waals surface area (Å²) in [6.45, 7) is 6.82. The van der Waals surface area contributed by atoms with Crippen molar-refractivity contribution in [1.82, 2.24) is 0 Å². The third-order valence-corrected chi connectivity index (χ3v) is 3.32. The number of oxime groups is 1. The monoisotopic (exact) mass is 181 g/mol. The Labute approximate surface area is 80.7 Å². The van der Waals surface area contributed by atoms with Crippen molar-refractivity contribution in [1.29, 1.82) is 0 Å². The molecular weight excluding hydrogens is 162 g/mol. The van der Waals surface area contributed by atoms with Gasteiger partial charge in [-0.25, -0.2) is 0 Å². The lowest BCUT2D eigenvalue weighted by atomic mass is 9.76. The van der Waals surface area contributed by atoms with E-state index in [1.54, 1.807) is 7.11 Å². The summed E-state index contributed by atoms with van der Waals surface area (Å²) in [7, 11) is 1.58. The average Bonchev–Trinajstić information content (AvgIpc) is 2.32. The molecule has 0 radical (unpaired) electrons. The molecule has 0 amide bonds. The van der Waals surface area contributed by atoms with Crippen molar-refractivity contribution in [3.05, 3.63) is 11.6 Å². The lowest BCUT2D eigenvalue weighted by molar-refractivity contribution is 0.212. The lowest BCUT2D eigenvalue weighted by Crippen LogP contribution is -2.20. The third-order valence-electron chi connectivity index (χ3n) is 3.32. The predicted molar refractivity (Wildman–Crippen MR) is 55.8 cm³/mol. The Bertz CT molecular complexity index is 228. The molecule has 0 N–H and O–H groups in total. The maximum atomic E-state index is 4.65. The van der Waals surface area contributed by atoms with E-state index in [0.717, 1.165) is 6.42 Å². The van der Waals surface area contributed by atoms with Gasteiger partial charge >= 0.3 is 0 Å². The van der Waals surface area contributed by atoms with Crippen LogP contribution in [0.25, 0.3) is 0 Å². The molecule has 1 aliphatic carbocycles. The molecule has 1 unspecified atom stereocenters. The van der Waals surface area contributed by atoms with Crippen LogP contribution in [0.3, 0.4) is 0 Å². The van der Waals surface area contributed by atoms with Crippen molar-refractivity contribution in [3.63, 3.8) is 0 Å². The molecule has 13 heavy (non-hydrogen) atoms. The summed E-state index contributed by atoms with van der Waals surface area (Å²) < 4.78 is 0. The summed E-state index contributed by atoms with van der Waals surface area (Å²) in [6, 6.07) is 0. The van der Waals surface area contributed by atoms with Gasteiger partial charge in [0.25, 0.3) is 0 Å². The first kappa shape index (κ1) is 10.3. The SMILES string of the molecule is CO/N=C/CC1CC=C(C)C1(C)C. The lowest BCUT2D eigenvalue weighted by Gasteiger charge is -2.28. The predicted octanol–water partition coefficient (Wildman–Crippen LogP) is 3.00.